The van der Waals surface area contributed by atoms with Gasteiger partial charge >= 0.3 is 0 Å². The van der Waals surface area contributed by atoms with Gasteiger partial charge in [0.1, 0.15) is 0 Å². The topological polar surface area (TPSA) is 54.5 Å². The van der Waals surface area contributed by atoms with Gasteiger partial charge in [0.25, 0.3) is 0 Å². The van der Waals surface area contributed by atoms with E-state index in [1.165, 1.54) is 0 Å². The van der Waals surface area contributed by atoms with Crippen LogP contribution in [0.1, 0.15) is 18.4 Å². The van der Waals surface area contributed by atoms with E-state index < -0.39 is 15.1 Å². The van der Waals surface area contributed by atoms with Crippen molar-refractivity contribution in [2.45, 2.75) is 29.4 Å². The minimum absolute atomic E-state index is 0.0537. The SMILES string of the molecule is O=C(Cc1ccc(-c2ccccc2)cc1)N1CCC(S(=O)(=O)c2ccccc2)CC1. The predicted octanol–water partition coefficient (Wildman–Crippen LogP) is 4.36. The summed E-state index contributed by atoms with van der Waals surface area (Å²) in [4.78, 5) is 14.9. The molecule has 0 N–H and O–H groups in total. The largest absolute Gasteiger partial charge is 0.342 e. The van der Waals surface area contributed by atoms with Crippen LogP contribution >= 0.6 is 0 Å². The van der Waals surface area contributed by atoms with Crippen LogP contribution in [0, 0.1) is 0 Å². The molecule has 5 heteroatoms. The number of amides is 1. The van der Waals surface area contributed by atoms with E-state index in [1.807, 2.05) is 48.5 Å². The molecule has 1 saturated heterocycles. The summed E-state index contributed by atoms with van der Waals surface area (Å²) in [7, 11) is -3.34. The van der Waals surface area contributed by atoms with Crippen LogP contribution in [-0.4, -0.2) is 37.6 Å². The van der Waals surface area contributed by atoms with Crippen molar-refractivity contribution in [2.75, 3.05) is 13.1 Å². The van der Waals surface area contributed by atoms with Crippen molar-refractivity contribution in [3.8, 4) is 11.1 Å². The van der Waals surface area contributed by atoms with Crippen LogP contribution in [0.2, 0.25) is 0 Å². The molecule has 1 amide bonds. The monoisotopic (exact) mass is 419 g/mol. The van der Waals surface area contributed by atoms with Crippen molar-refractivity contribution in [1.82, 2.24) is 4.90 Å². The zero-order valence-corrected chi connectivity index (χ0v) is 17.6. The van der Waals surface area contributed by atoms with Crippen molar-refractivity contribution in [2.24, 2.45) is 0 Å². The maximum atomic E-state index is 12.8. The normalized spacial score (nSPS) is 15.1. The van der Waals surface area contributed by atoms with Crippen molar-refractivity contribution in [3.63, 3.8) is 0 Å². The Bertz CT molecular complexity index is 1090. The highest BCUT2D eigenvalue weighted by Gasteiger charge is 2.32. The lowest BCUT2D eigenvalue weighted by molar-refractivity contribution is -0.131. The number of likely N-dealkylation sites (tertiary alicyclic amines) is 1. The quantitative estimate of drug-likeness (QED) is 0.617. The Morgan fingerprint density at radius 2 is 1.30 bits per heavy atom. The first-order chi connectivity index (χ1) is 14.5. The number of carbonyl (C=O) groups is 1. The third-order valence-electron chi connectivity index (χ3n) is 5.72. The van der Waals surface area contributed by atoms with Crippen LogP contribution in [0.5, 0.6) is 0 Å². The van der Waals surface area contributed by atoms with Crippen LogP contribution in [0.15, 0.2) is 89.8 Å². The molecule has 0 aliphatic carbocycles. The lowest BCUT2D eigenvalue weighted by Gasteiger charge is -2.32. The maximum absolute atomic E-state index is 12.8. The van der Waals surface area contributed by atoms with Gasteiger partial charge < -0.3 is 4.90 Å². The third kappa shape index (κ3) is 4.46. The Kier molecular flexibility index (Phi) is 6.00. The fourth-order valence-electron chi connectivity index (χ4n) is 3.95. The van der Waals surface area contributed by atoms with Crippen LogP contribution < -0.4 is 0 Å². The van der Waals surface area contributed by atoms with Crippen LogP contribution in [0.4, 0.5) is 0 Å². The van der Waals surface area contributed by atoms with Gasteiger partial charge in [0.2, 0.25) is 5.91 Å². The predicted molar refractivity (Wildman–Crippen MR) is 119 cm³/mol. The van der Waals surface area contributed by atoms with E-state index in [9.17, 15) is 13.2 Å². The lowest BCUT2D eigenvalue weighted by atomic mass is 10.0. The second-order valence-electron chi connectivity index (χ2n) is 7.68. The fraction of sp³-hybridized carbons (Fsp3) is 0.240. The standard InChI is InChI=1S/C25H25NO3S/c27-25(19-20-11-13-22(14-12-20)21-7-3-1-4-8-21)26-17-15-24(16-18-26)30(28,29)23-9-5-2-6-10-23/h1-14,24H,15-19H2. The van der Waals surface area contributed by atoms with Gasteiger partial charge in [-0.25, -0.2) is 8.42 Å². The van der Waals surface area contributed by atoms with Gasteiger partial charge in [-0.3, -0.25) is 4.79 Å². The summed E-state index contributed by atoms with van der Waals surface area (Å²) in [6.07, 6.45) is 1.30. The molecule has 0 spiro atoms. The van der Waals surface area contributed by atoms with Gasteiger partial charge in [-0.1, -0.05) is 72.8 Å². The maximum Gasteiger partial charge on any atom is 0.226 e. The van der Waals surface area contributed by atoms with Gasteiger partial charge in [-0.15, -0.1) is 0 Å². The van der Waals surface area contributed by atoms with Crippen molar-refractivity contribution >= 4 is 15.7 Å². The third-order valence-corrected chi connectivity index (χ3v) is 8.00. The summed E-state index contributed by atoms with van der Waals surface area (Å²) in [5, 5.41) is -0.422. The molecule has 1 aliphatic rings. The zero-order chi connectivity index (χ0) is 21.0. The van der Waals surface area contributed by atoms with E-state index in [0.29, 0.717) is 37.2 Å². The molecule has 0 unspecified atom stereocenters. The van der Waals surface area contributed by atoms with Gasteiger partial charge in [0.05, 0.1) is 16.6 Å². The zero-order valence-electron chi connectivity index (χ0n) is 16.8. The number of benzene rings is 3. The number of piperidine rings is 1. The second kappa shape index (κ2) is 8.84. The number of rotatable bonds is 5. The summed E-state index contributed by atoms with van der Waals surface area (Å²) in [5.74, 6) is 0.0537. The fourth-order valence-corrected chi connectivity index (χ4v) is 5.70. The molecule has 3 aromatic rings. The number of nitrogens with zero attached hydrogens (tertiary/aromatic N) is 1. The van der Waals surface area contributed by atoms with E-state index in [1.54, 1.807) is 29.2 Å². The van der Waals surface area contributed by atoms with Gasteiger partial charge in [-0.2, -0.15) is 0 Å². The minimum atomic E-state index is -3.34. The molecule has 1 aliphatic heterocycles. The molecule has 1 fully saturated rings. The molecule has 4 nitrogen and oxygen atoms in total. The number of sulfone groups is 1. The second-order valence-corrected chi connectivity index (χ2v) is 9.91. The molecular weight excluding hydrogens is 394 g/mol. The van der Waals surface area contributed by atoms with E-state index >= 15 is 0 Å². The summed E-state index contributed by atoms with van der Waals surface area (Å²) >= 11 is 0. The highest BCUT2D eigenvalue weighted by molar-refractivity contribution is 7.92. The van der Waals surface area contributed by atoms with Crippen molar-refractivity contribution in [3.05, 3.63) is 90.5 Å². The number of carbonyl (C=O) groups excluding carboxylic acids is 1. The van der Waals surface area contributed by atoms with Gasteiger partial charge in [0.15, 0.2) is 9.84 Å². The first-order valence-electron chi connectivity index (χ1n) is 10.2. The van der Waals surface area contributed by atoms with E-state index in [-0.39, 0.29) is 5.91 Å². The van der Waals surface area contributed by atoms with E-state index in [4.69, 9.17) is 0 Å². The summed E-state index contributed by atoms with van der Waals surface area (Å²) in [5.41, 5.74) is 3.24. The summed E-state index contributed by atoms with van der Waals surface area (Å²) < 4.78 is 25.6. The van der Waals surface area contributed by atoms with Crippen LogP contribution in [-0.2, 0) is 21.1 Å². The summed E-state index contributed by atoms with van der Waals surface area (Å²) in [6.45, 7) is 0.968. The van der Waals surface area contributed by atoms with Gasteiger partial charge in [-0.05, 0) is 41.7 Å². The van der Waals surface area contributed by atoms with E-state index in [2.05, 4.69) is 12.1 Å². The Morgan fingerprint density at radius 1 is 0.767 bits per heavy atom. The number of hydrogen-bond acceptors (Lipinski definition) is 3. The molecule has 4 rings (SSSR count). The van der Waals surface area contributed by atoms with E-state index in [0.717, 1.165) is 16.7 Å². The molecule has 154 valence electrons. The molecular formula is C25H25NO3S. The molecule has 30 heavy (non-hydrogen) atoms. The molecule has 0 bridgehead atoms. The summed E-state index contributed by atoms with van der Waals surface area (Å²) in [6, 6.07) is 26.8. The lowest BCUT2D eigenvalue weighted by Crippen LogP contribution is -2.43. The Labute approximate surface area is 178 Å². The smallest absolute Gasteiger partial charge is 0.226 e. The average Bonchev–Trinajstić information content (AvgIpc) is 2.81. The molecule has 0 saturated carbocycles. The Hall–Kier alpha value is -2.92. The first kappa shape index (κ1) is 20.4. The van der Waals surface area contributed by atoms with Crippen molar-refractivity contribution in [1.29, 1.82) is 0 Å². The molecule has 3 aromatic carbocycles. The number of hydrogen-bond donors (Lipinski definition) is 0. The minimum Gasteiger partial charge on any atom is -0.342 e. The molecule has 0 atom stereocenters. The molecule has 0 aromatic heterocycles. The molecule has 0 radical (unpaired) electrons. The van der Waals surface area contributed by atoms with Crippen LogP contribution in [0.25, 0.3) is 11.1 Å². The molecule has 1 heterocycles. The highest BCUT2D eigenvalue weighted by Crippen LogP contribution is 2.25. The van der Waals surface area contributed by atoms with Crippen LogP contribution in [0.3, 0.4) is 0 Å². The van der Waals surface area contributed by atoms with Crippen molar-refractivity contribution < 1.29 is 13.2 Å². The average molecular weight is 420 g/mol. The Balaban J connectivity index is 1.35. The Morgan fingerprint density at radius 3 is 1.90 bits per heavy atom. The first-order valence-corrected chi connectivity index (χ1v) is 11.8. The van der Waals surface area contributed by atoms with Gasteiger partial charge in [0, 0.05) is 13.1 Å². The highest BCUT2D eigenvalue weighted by atomic mass is 32.2.